The van der Waals surface area contributed by atoms with Crippen LogP contribution < -0.4 is 5.32 Å². The van der Waals surface area contributed by atoms with Gasteiger partial charge >= 0.3 is 0 Å². The maximum absolute atomic E-state index is 13.6. The summed E-state index contributed by atoms with van der Waals surface area (Å²) in [4.78, 5) is 0. The van der Waals surface area contributed by atoms with Crippen LogP contribution >= 0.6 is 0 Å². The van der Waals surface area contributed by atoms with Gasteiger partial charge in [-0.25, -0.2) is 17.6 Å². The molecule has 1 rings (SSSR count). The summed E-state index contributed by atoms with van der Waals surface area (Å²) in [6.45, 7) is 5.35. The summed E-state index contributed by atoms with van der Waals surface area (Å²) in [5, 5.41) is 2.78. The molecule has 1 atom stereocenters. The first-order valence-electron chi connectivity index (χ1n) is 5.20. The first kappa shape index (κ1) is 14.0. The molecular formula is C12H15F4N. The van der Waals surface area contributed by atoms with Gasteiger partial charge in [-0.05, 0) is 18.5 Å². The van der Waals surface area contributed by atoms with Crippen LogP contribution in [0.5, 0.6) is 0 Å². The summed E-state index contributed by atoms with van der Waals surface area (Å²) < 4.78 is 52.6. The van der Waals surface area contributed by atoms with E-state index in [0.717, 1.165) is 0 Å². The van der Waals surface area contributed by atoms with Crippen molar-refractivity contribution in [2.75, 3.05) is 7.05 Å². The third-order valence-electron chi connectivity index (χ3n) is 2.60. The van der Waals surface area contributed by atoms with Crippen molar-refractivity contribution in [1.82, 2.24) is 5.32 Å². The van der Waals surface area contributed by atoms with E-state index in [0.29, 0.717) is 6.07 Å². The highest BCUT2D eigenvalue weighted by atomic mass is 19.2. The maximum atomic E-state index is 13.6. The second-order valence-electron chi connectivity index (χ2n) is 4.98. The lowest BCUT2D eigenvalue weighted by Gasteiger charge is -2.31. The minimum atomic E-state index is -1.78. The van der Waals surface area contributed by atoms with Crippen molar-refractivity contribution in [3.63, 3.8) is 0 Å². The van der Waals surface area contributed by atoms with E-state index in [1.54, 1.807) is 27.8 Å². The van der Waals surface area contributed by atoms with Crippen molar-refractivity contribution in [3.8, 4) is 0 Å². The molecule has 0 saturated heterocycles. The summed E-state index contributed by atoms with van der Waals surface area (Å²) in [5.74, 6) is -6.29. The number of halogens is 4. The molecule has 0 fully saturated rings. The van der Waals surface area contributed by atoms with Crippen LogP contribution in [0, 0.1) is 28.7 Å². The molecule has 1 aromatic carbocycles. The second kappa shape index (κ2) is 4.64. The Balaban J connectivity index is 3.41. The average Bonchev–Trinajstić information content (AvgIpc) is 2.21. The molecule has 0 aromatic heterocycles. The molecule has 0 spiro atoms. The third kappa shape index (κ3) is 2.60. The van der Waals surface area contributed by atoms with E-state index in [4.69, 9.17) is 0 Å². The standard InChI is InChI=1S/C12H15F4N/c1-12(2,3)11(17-4)6-5-7(13)9(15)10(16)8(6)14/h5,11,17H,1-4H3. The number of rotatable bonds is 2. The zero-order chi connectivity index (χ0) is 13.4. The molecule has 0 amide bonds. The molecule has 0 aliphatic heterocycles. The Kier molecular flexibility index (Phi) is 3.81. The molecule has 1 unspecified atom stereocenters. The van der Waals surface area contributed by atoms with Crippen LogP contribution in [0.1, 0.15) is 32.4 Å². The number of hydrogen-bond acceptors (Lipinski definition) is 1. The van der Waals surface area contributed by atoms with E-state index in [1.807, 2.05) is 0 Å². The zero-order valence-electron chi connectivity index (χ0n) is 10.2. The number of benzene rings is 1. The van der Waals surface area contributed by atoms with Gasteiger partial charge in [-0.15, -0.1) is 0 Å². The van der Waals surface area contributed by atoms with Crippen LogP contribution in [-0.2, 0) is 0 Å². The lowest BCUT2D eigenvalue weighted by molar-refractivity contribution is 0.273. The summed E-state index contributed by atoms with van der Waals surface area (Å²) in [6, 6.07) is 0.0762. The lowest BCUT2D eigenvalue weighted by atomic mass is 9.82. The molecule has 0 saturated carbocycles. The Morgan fingerprint density at radius 2 is 1.53 bits per heavy atom. The first-order valence-corrected chi connectivity index (χ1v) is 5.20. The van der Waals surface area contributed by atoms with Gasteiger partial charge in [0.2, 0.25) is 0 Å². The monoisotopic (exact) mass is 249 g/mol. The van der Waals surface area contributed by atoms with Crippen LogP contribution in [0.25, 0.3) is 0 Å². The molecule has 0 aliphatic rings. The molecule has 0 aliphatic carbocycles. The quantitative estimate of drug-likeness (QED) is 0.480. The highest BCUT2D eigenvalue weighted by Crippen LogP contribution is 2.35. The summed E-state index contributed by atoms with van der Waals surface area (Å²) >= 11 is 0. The number of hydrogen-bond donors (Lipinski definition) is 1. The van der Waals surface area contributed by atoms with Crippen LogP contribution in [0.3, 0.4) is 0 Å². The lowest BCUT2D eigenvalue weighted by Crippen LogP contribution is -2.31. The van der Waals surface area contributed by atoms with E-state index in [2.05, 4.69) is 5.32 Å². The van der Waals surface area contributed by atoms with Crippen molar-refractivity contribution in [2.24, 2.45) is 5.41 Å². The Labute approximate surface area is 97.8 Å². The fraction of sp³-hybridized carbons (Fsp3) is 0.500. The summed E-state index contributed by atoms with van der Waals surface area (Å²) in [6.07, 6.45) is 0. The number of nitrogens with one attached hydrogen (secondary N) is 1. The van der Waals surface area contributed by atoms with Crippen LogP contribution in [0.15, 0.2) is 6.07 Å². The topological polar surface area (TPSA) is 12.0 Å². The van der Waals surface area contributed by atoms with Crippen molar-refractivity contribution < 1.29 is 17.6 Å². The molecule has 1 nitrogen and oxygen atoms in total. The first-order chi connectivity index (χ1) is 7.70. The summed E-state index contributed by atoms with van der Waals surface area (Å²) in [7, 11) is 1.55. The SMILES string of the molecule is CNC(c1cc(F)c(F)c(F)c1F)C(C)(C)C. The average molecular weight is 249 g/mol. The highest BCUT2D eigenvalue weighted by Gasteiger charge is 2.30. The second-order valence-corrected chi connectivity index (χ2v) is 4.98. The van der Waals surface area contributed by atoms with Gasteiger partial charge in [0.15, 0.2) is 23.3 Å². The van der Waals surface area contributed by atoms with Crippen molar-refractivity contribution in [1.29, 1.82) is 0 Å². The molecule has 17 heavy (non-hydrogen) atoms. The Morgan fingerprint density at radius 3 is 1.94 bits per heavy atom. The molecule has 5 heteroatoms. The highest BCUT2D eigenvalue weighted by molar-refractivity contribution is 5.26. The normalized spacial score (nSPS) is 13.9. The summed E-state index contributed by atoms with van der Waals surface area (Å²) in [5.41, 5.74) is -0.678. The van der Waals surface area contributed by atoms with E-state index in [9.17, 15) is 17.6 Å². The minimum Gasteiger partial charge on any atom is -0.312 e. The molecule has 0 bridgehead atoms. The smallest absolute Gasteiger partial charge is 0.197 e. The van der Waals surface area contributed by atoms with Gasteiger partial charge in [-0.1, -0.05) is 20.8 Å². The zero-order valence-corrected chi connectivity index (χ0v) is 10.2. The van der Waals surface area contributed by atoms with E-state index in [1.165, 1.54) is 0 Å². The molecule has 96 valence electrons. The fourth-order valence-electron chi connectivity index (χ4n) is 1.86. The van der Waals surface area contributed by atoms with Gasteiger partial charge in [-0.3, -0.25) is 0 Å². The predicted molar refractivity (Wildman–Crippen MR) is 57.5 cm³/mol. The molecule has 0 radical (unpaired) electrons. The van der Waals surface area contributed by atoms with Crippen LogP contribution in [0.4, 0.5) is 17.6 Å². The molecular weight excluding hydrogens is 234 g/mol. The largest absolute Gasteiger partial charge is 0.312 e. The Morgan fingerprint density at radius 1 is 1.00 bits per heavy atom. The third-order valence-corrected chi connectivity index (χ3v) is 2.60. The minimum absolute atomic E-state index is 0.212. The predicted octanol–water partition coefficient (Wildman–Crippen LogP) is 3.55. The Hall–Kier alpha value is -1.10. The van der Waals surface area contributed by atoms with Crippen molar-refractivity contribution >= 4 is 0 Å². The van der Waals surface area contributed by atoms with Gasteiger partial charge in [-0.2, -0.15) is 0 Å². The van der Waals surface area contributed by atoms with Gasteiger partial charge < -0.3 is 5.32 Å². The molecule has 1 aromatic rings. The van der Waals surface area contributed by atoms with Crippen molar-refractivity contribution in [3.05, 3.63) is 34.9 Å². The van der Waals surface area contributed by atoms with Gasteiger partial charge in [0.05, 0.1) is 0 Å². The van der Waals surface area contributed by atoms with E-state index >= 15 is 0 Å². The van der Waals surface area contributed by atoms with Crippen LogP contribution in [0.2, 0.25) is 0 Å². The maximum Gasteiger partial charge on any atom is 0.197 e. The van der Waals surface area contributed by atoms with Gasteiger partial charge in [0, 0.05) is 11.6 Å². The van der Waals surface area contributed by atoms with Crippen molar-refractivity contribution in [2.45, 2.75) is 26.8 Å². The molecule has 0 heterocycles. The molecule has 1 N–H and O–H groups in total. The van der Waals surface area contributed by atoms with Gasteiger partial charge in [0.1, 0.15) is 0 Å². The van der Waals surface area contributed by atoms with E-state index in [-0.39, 0.29) is 5.56 Å². The fourth-order valence-corrected chi connectivity index (χ4v) is 1.86. The van der Waals surface area contributed by atoms with Crippen LogP contribution in [-0.4, -0.2) is 7.05 Å². The van der Waals surface area contributed by atoms with Gasteiger partial charge in [0.25, 0.3) is 0 Å². The Bertz CT molecular complexity index is 423. The van der Waals surface area contributed by atoms with E-state index < -0.39 is 34.7 Å².